The van der Waals surface area contributed by atoms with E-state index >= 15 is 0 Å². The molecule has 1 aliphatic carbocycles. The van der Waals surface area contributed by atoms with Crippen molar-refractivity contribution in [2.45, 2.75) is 63.8 Å². The largest absolute Gasteiger partial charge is 0.468 e. The van der Waals surface area contributed by atoms with Crippen molar-refractivity contribution in [3.05, 3.63) is 0 Å². The van der Waals surface area contributed by atoms with Crippen molar-refractivity contribution in [2.24, 2.45) is 5.92 Å². The highest BCUT2D eigenvalue weighted by Crippen LogP contribution is 2.41. The highest BCUT2D eigenvalue weighted by Gasteiger charge is 2.52. The molecule has 0 bridgehead atoms. The number of likely N-dealkylation sites (tertiary alicyclic amines) is 1. The van der Waals surface area contributed by atoms with Crippen LogP contribution in [0.25, 0.3) is 0 Å². The summed E-state index contributed by atoms with van der Waals surface area (Å²) in [5.74, 6) is 0.405. The first-order valence-corrected chi connectivity index (χ1v) is 8.78. The Hall–Kier alpha value is -0.610. The molecule has 21 heavy (non-hydrogen) atoms. The zero-order valence-corrected chi connectivity index (χ0v) is 13.8. The average Bonchev–Trinajstić information content (AvgIpc) is 3.29. The van der Waals surface area contributed by atoms with Gasteiger partial charge in [0, 0.05) is 6.54 Å². The zero-order valence-electron chi connectivity index (χ0n) is 13.8. The number of hydrogen-bond acceptors (Lipinski definition) is 4. The summed E-state index contributed by atoms with van der Waals surface area (Å²) < 4.78 is 5.18. The monoisotopic (exact) mass is 296 g/mol. The highest BCUT2D eigenvalue weighted by molar-refractivity contribution is 5.82. The summed E-state index contributed by atoms with van der Waals surface area (Å²) in [6.07, 6.45) is 9.89. The van der Waals surface area contributed by atoms with Crippen molar-refractivity contribution >= 4 is 5.97 Å². The van der Waals surface area contributed by atoms with Gasteiger partial charge in [-0.3, -0.25) is 0 Å². The number of nitrogens with one attached hydrogen (secondary N) is 1. The fourth-order valence-electron chi connectivity index (χ4n) is 3.56. The average molecular weight is 296 g/mol. The van der Waals surface area contributed by atoms with Gasteiger partial charge in [0.15, 0.2) is 0 Å². The number of methoxy groups -OCH3 is 1. The molecule has 0 aromatic rings. The van der Waals surface area contributed by atoms with Crippen LogP contribution in [-0.4, -0.2) is 49.7 Å². The van der Waals surface area contributed by atoms with Gasteiger partial charge in [-0.25, -0.2) is 4.79 Å². The number of esters is 1. The van der Waals surface area contributed by atoms with Crippen molar-refractivity contribution in [1.82, 2.24) is 10.2 Å². The number of carbonyl (C=O) groups excluding carboxylic acids is 1. The van der Waals surface area contributed by atoms with Crippen LogP contribution in [0.4, 0.5) is 0 Å². The first-order valence-electron chi connectivity index (χ1n) is 8.78. The van der Waals surface area contributed by atoms with E-state index in [1.165, 1.54) is 39.2 Å². The molecular weight excluding hydrogens is 264 g/mol. The second-order valence-electron chi connectivity index (χ2n) is 6.71. The van der Waals surface area contributed by atoms with Gasteiger partial charge in [0.1, 0.15) is 5.54 Å². The number of ether oxygens (including phenoxy) is 1. The smallest absolute Gasteiger partial charge is 0.327 e. The molecule has 2 aliphatic rings. The van der Waals surface area contributed by atoms with E-state index in [1.807, 2.05) is 0 Å². The minimum Gasteiger partial charge on any atom is -0.468 e. The van der Waals surface area contributed by atoms with Gasteiger partial charge in [-0.05, 0) is 57.7 Å². The van der Waals surface area contributed by atoms with Crippen LogP contribution in [0.2, 0.25) is 0 Å². The zero-order chi connectivity index (χ0) is 15.1. The summed E-state index contributed by atoms with van der Waals surface area (Å²) in [4.78, 5) is 15.0. The lowest BCUT2D eigenvalue weighted by Gasteiger charge is -2.38. The van der Waals surface area contributed by atoms with Crippen LogP contribution in [-0.2, 0) is 9.53 Å². The third-order valence-electron chi connectivity index (χ3n) is 4.94. The van der Waals surface area contributed by atoms with Crippen LogP contribution in [0.15, 0.2) is 0 Å². The molecule has 0 aromatic heterocycles. The van der Waals surface area contributed by atoms with Crippen molar-refractivity contribution in [2.75, 3.05) is 33.3 Å². The lowest BCUT2D eigenvalue weighted by Crippen LogP contribution is -2.61. The molecule has 0 radical (unpaired) electrons. The molecule has 0 amide bonds. The fraction of sp³-hybridized carbons (Fsp3) is 0.941. The van der Waals surface area contributed by atoms with Gasteiger partial charge in [-0.15, -0.1) is 0 Å². The summed E-state index contributed by atoms with van der Waals surface area (Å²) in [6.45, 7) is 6.11. The predicted molar refractivity (Wildman–Crippen MR) is 85.3 cm³/mol. The van der Waals surface area contributed by atoms with Gasteiger partial charge in [0.2, 0.25) is 0 Å². The molecule has 1 N–H and O–H groups in total. The van der Waals surface area contributed by atoms with E-state index in [-0.39, 0.29) is 5.97 Å². The lowest BCUT2D eigenvalue weighted by molar-refractivity contribution is -0.151. The molecule has 1 unspecified atom stereocenters. The molecule has 0 spiro atoms. The van der Waals surface area contributed by atoms with Crippen molar-refractivity contribution in [3.63, 3.8) is 0 Å². The SMILES string of the molecule is CCCNC(CN1CCCCCCC1)(C(=O)OC)C1CC1. The van der Waals surface area contributed by atoms with Crippen LogP contribution in [0.3, 0.4) is 0 Å². The maximum atomic E-state index is 12.5. The first-order chi connectivity index (χ1) is 10.2. The molecule has 4 nitrogen and oxygen atoms in total. The number of rotatable bonds is 7. The van der Waals surface area contributed by atoms with E-state index in [2.05, 4.69) is 17.1 Å². The van der Waals surface area contributed by atoms with Crippen LogP contribution in [0.5, 0.6) is 0 Å². The maximum absolute atomic E-state index is 12.5. The van der Waals surface area contributed by atoms with Crippen molar-refractivity contribution in [1.29, 1.82) is 0 Å². The molecule has 122 valence electrons. The number of nitrogens with zero attached hydrogens (tertiary/aromatic N) is 1. The molecule has 4 heteroatoms. The van der Waals surface area contributed by atoms with E-state index in [0.29, 0.717) is 5.92 Å². The Morgan fingerprint density at radius 2 is 1.81 bits per heavy atom. The number of carbonyl (C=O) groups is 1. The molecule has 2 fully saturated rings. The van der Waals surface area contributed by atoms with E-state index < -0.39 is 5.54 Å². The van der Waals surface area contributed by atoms with Gasteiger partial charge in [0.25, 0.3) is 0 Å². The van der Waals surface area contributed by atoms with Gasteiger partial charge in [-0.1, -0.05) is 26.2 Å². The Morgan fingerprint density at radius 3 is 2.33 bits per heavy atom. The van der Waals surface area contributed by atoms with Crippen LogP contribution in [0.1, 0.15) is 58.3 Å². The molecule has 1 aliphatic heterocycles. The minimum atomic E-state index is -0.468. The minimum absolute atomic E-state index is 0.0551. The maximum Gasteiger partial charge on any atom is 0.327 e. The molecule has 0 aromatic carbocycles. The molecule has 1 heterocycles. The topological polar surface area (TPSA) is 41.6 Å². The predicted octanol–water partition coefficient (Wildman–Crippen LogP) is 2.57. The third kappa shape index (κ3) is 4.43. The lowest BCUT2D eigenvalue weighted by atomic mass is 9.91. The molecular formula is C17H32N2O2. The first kappa shape index (κ1) is 16.8. The molecule has 1 saturated heterocycles. The van der Waals surface area contributed by atoms with Gasteiger partial charge in [-0.2, -0.15) is 0 Å². The van der Waals surface area contributed by atoms with Gasteiger partial charge >= 0.3 is 5.97 Å². The highest BCUT2D eigenvalue weighted by atomic mass is 16.5. The summed E-state index contributed by atoms with van der Waals surface area (Å²) in [5.41, 5.74) is -0.468. The molecule has 1 saturated carbocycles. The van der Waals surface area contributed by atoms with Crippen molar-refractivity contribution in [3.8, 4) is 0 Å². The van der Waals surface area contributed by atoms with E-state index in [9.17, 15) is 4.79 Å². The van der Waals surface area contributed by atoms with Gasteiger partial charge in [0.05, 0.1) is 7.11 Å². The van der Waals surface area contributed by atoms with Crippen LogP contribution in [0, 0.1) is 5.92 Å². The van der Waals surface area contributed by atoms with Crippen LogP contribution >= 0.6 is 0 Å². The standard InChI is InChI=1S/C17H32N2O2/c1-3-11-18-17(15-9-10-15,16(20)21-2)14-19-12-7-5-4-6-8-13-19/h15,18H,3-14H2,1-2H3. The third-order valence-corrected chi connectivity index (χ3v) is 4.94. The quantitative estimate of drug-likeness (QED) is 0.733. The second kappa shape index (κ2) is 8.14. The normalized spacial score (nSPS) is 23.9. The Morgan fingerprint density at radius 1 is 1.19 bits per heavy atom. The summed E-state index contributed by atoms with van der Waals surface area (Å²) in [5, 5.41) is 3.56. The summed E-state index contributed by atoms with van der Waals surface area (Å²) in [6, 6.07) is 0. The van der Waals surface area contributed by atoms with Crippen molar-refractivity contribution < 1.29 is 9.53 Å². The summed E-state index contributed by atoms with van der Waals surface area (Å²) >= 11 is 0. The van der Waals surface area contributed by atoms with Crippen LogP contribution < -0.4 is 5.32 Å². The Bertz CT molecular complexity index is 323. The second-order valence-corrected chi connectivity index (χ2v) is 6.71. The van der Waals surface area contributed by atoms with E-state index in [4.69, 9.17) is 4.74 Å². The Kier molecular flexibility index (Phi) is 6.49. The molecule has 1 atom stereocenters. The number of hydrogen-bond donors (Lipinski definition) is 1. The van der Waals surface area contributed by atoms with E-state index in [1.54, 1.807) is 0 Å². The van der Waals surface area contributed by atoms with E-state index in [0.717, 1.165) is 45.4 Å². The Balaban J connectivity index is 2.07. The summed E-state index contributed by atoms with van der Waals surface area (Å²) in [7, 11) is 1.53. The fourth-order valence-corrected chi connectivity index (χ4v) is 3.56. The van der Waals surface area contributed by atoms with Gasteiger partial charge < -0.3 is 15.0 Å². The Labute approximate surface area is 129 Å². The molecule has 2 rings (SSSR count).